The first-order chi connectivity index (χ1) is 11.1. The predicted molar refractivity (Wildman–Crippen MR) is 92.8 cm³/mol. The van der Waals surface area contributed by atoms with Crippen LogP contribution in [-0.4, -0.2) is 29.4 Å². The Kier molecular flexibility index (Phi) is 4.91. The Balaban J connectivity index is 1.79. The van der Waals surface area contributed by atoms with Gasteiger partial charge >= 0.3 is 0 Å². The number of hydrogen-bond acceptors (Lipinski definition) is 2. The second-order valence-electron chi connectivity index (χ2n) is 6.66. The van der Waals surface area contributed by atoms with Gasteiger partial charge in [-0.3, -0.25) is 4.79 Å². The minimum Gasteiger partial charge on any atom is -0.333 e. The molecule has 122 valence electrons. The van der Waals surface area contributed by atoms with E-state index in [9.17, 15) is 4.79 Å². The van der Waals surface area contributed by atoms with E-state index in [-0.39, 0.29) is 5.56 Å². The van der Waals surface area contributed by atoms with Crippen LogP contribution in [0.3, 0.4) is 0 Å². The maximum atomic E-state index is 12.1. The summed E-state index contributed by atoms with van der Waals surface area (Å²) in [6, 6.07) is 9.83. The molecular weight excluding hydrogens is 286 g/mol. The van der Waals surface area contributed by atoms with Gasteiger partial charge in [0.15, 0.2) is 0 Å². The molecule has 0 radical (unpaired) electrons. The molecule has 4 heteroatoms. The highest BCUT2D eigenvalue weighted by atomic mass is 16.1. The summed E-state index contributed by atoms with van der Waals surface area (Å²) in [5, 5.41) is 4.61. The molecule has 3 rings (SSSR count). The van der Waals surface area contributed by atoms with Gasteiger partial charge in [-0.25, -0.2) is 4.68 Å². The molecule has 1 aliphatic heterocycles. The summed E-state index contributed by atoms with van der Waals surface area (Å²) in [4.78, 5) is 13.7. The van der Waals surface area contributed by atoms with Crippen LogP contribution in [0.2, 0.25) is 0 Å². The minimum atomic E-state index is -0.00470. The summed E-state index contributed by atoms with van der Waals surface area (Å²) in [7, 11) is 0. The zero-order valence-electron chi connectivity index (χ0n) is 14.1. The number of likely N-dealkylation sites (tertiary alicyclic amines) is 1. The number of nitrogens with one attached hydrogen (secondary N) is 1. The number of aryl methyl sites for hydroxylation is 2. The van der Waals surface area contributed by atoms with Crippen LogP contribution in [0.4, 0.5) is 0 Å². The summed E-state index contributed by atoms with van der Waals surface area (Å²) >= 11 is 0. The number of hydrogen-bond donors (Lipinski definition) is 1. The van der Waals surface area contributed by atoms with Gasteiger partial charge in [0.2, 0.25) is 0 Å². The Bertz CT molecular complexity index is 730. The fourth-order valence-corrected chi connectivity index (χ4v) is 3.42. The normalized spacial score (nSPS) is 15.7. The Morgan fingerprint density at radius 3 is 2.61 bits per heavy atom. The largest absolute Gasteiger partial charge is 0.333 e. The summed E-state index contributed by atoms with van der Waals surface area (Å²) in [5.41, 5.74) is 4.43. The van der Waals surface area contributed by atoms with Gasteiger partial charge in [-0.05, 0) is 44.7 Å². The monoisotopic (exact) mass is 312 g/mol. The lowest BCUT2D eigenvalue weighted by Gasteiger charge is -2.23. The second-order valence-corrected chi connectivity index (χ2v) is 6.66. The first kappa shape index (κ1) is 15.9. The van der Waals surface area contributed by atoms with Crippen molar-refractivity contribution in [1.82, 2.24) is 9.78 Å². The van der Waals surface area contributed by atoms with Crippen molar-refractivity contribution >= 4 is 0 Å². The van der Waals surface area contributed by atoms with Gasteiger partial charge < -0.3 is 4.90 Å². The molecule has 23 heavy (non-hydrogen) atoms. The van der Waals surface area contributed by atoms with Crippen molar-refractivity contribution in [2.24, 2.45) is 0 Å². The third-order valence-electron chi connectivity index (χ3n) is 4.76. The summed E-state index contributed by atoms with van der Waals surface area (Å²) in [6.07, 6.45) is 3.96. The van der Waals surface area contributed by atoms with Gasteiger partial charge in [0, 0.05) is 11.6 Å². The van der Waals surface area contributed by atoms with Crippen LogP contribution in [0.25, 0.3) is 11.3 Å². The second kappa shape index (κ2) is 7.09. The highest BCUT2D eigenvalue weighted by Crippen LogP contribution is 2.21. The smallest absolute Gasteiger partial charge is 0.266 e. The third kappa shape index (κ3) is 3.88. The van der Waals surface area contributed by atoms with Crippen molar-refractivity contribution < 1.29 is 4.90 Å². The molecule has 1 aliphatic rings. The molecule has 0 spiro atoms. The summed E-state index contributed by atoms with van der Waals surface area (Å²) in [5.74, 6) is 0. The van der Waals surface area contributed by atoms with E-state index < -0.39 is 0 Å². The molecule has 2 heterocycles. The maximum Gasteiger partial charge on any atom is 0.266 e. The van der Waals surface area contributed by atoms with E-state index in [1.165, 1.54) is 43.5 Å². The van der Waals surface area contributed by atoms with E-state index in [2.05, 4.69) is 37.1 Å². The van der Waals surface area contributed by atoms with E-state index in [0.717, 1.165) is 17.8 Å². The van der Waals surface area contributed by atoms with Crippen LogP contribution >= 0.6 is 0 Å². The Labute approximate surface area is 137 Å². The van der Waals surface area contributed by atoms with Crippen molar-refractivity contribution in [1.29, 1.82) is 0 Å². The molecule has 0 saturated carbocycles. The van der Waals surface area contributed by atoms with Crippen LogP contribution in [-0.2, 0) is 6.54 Å². The first-order valence-electron chi connectivity index (χ1n) is 8.63. The summed E-state index contributed by atoms with van der Waals surface area (Å²) in [6.45, 7) is 8.33. The molecular formula is C19H26N3O+. The van der Waals surface area contributed by atoms with Gasteiger partial charge in [-0.2, -0.15) is 5.10 Å². The molecule has 2 aromatic rings. The zero-order valence-corrected chi connectivity index (χ0v) is 14.1. The highest BCUT2D eigenvalue weighted by Gasteiger charge is 2.14. The number of aromatic nitrogens is 2. The summed E-state index contributed by atoms with van der Waals surface area (Å²) < 4.78 is 1.64. The number of piperidine rings is 1. The number of rotatable bonds is 4. The van der Waals surface area contributed by atoms with E-state index >= 15 is 0 Å². The predicted octanol–water partition coefficient (Wildman–Crippen LogP) is 1.60. The van der Waals surface area contributed by atoms with Gasteiger partial charge in [-0.1, -0.05) is 23.8 Å². The van der Waals surface area contributed by atoms with Crippen molar-refractivity contribution in [2.45, 2.75) is 39.7 Å². The Morgan fingerprint density at radius 1 is 1.09 bits per heavy atom. The highest BCUT2D eigenvalue weighted by molar-refractivity contribution is 5.63. The van der Waals surface area contributed by atoms with Crippen LogP contribution in [0.5, 0.6) is 0 Å². The molecule has 4 nitrogen and oxygen atoms in total. The van der Waals surface area contributed by atoms with Gasteiger partial charge in [0.1, 0.15) is 0 Å². The molecule has 1 saturated heterocycles. The molecule has 0 atom stereocenters. The fourth-order valence-electron chi connectivity index (χ4n) is 3.42. The molecule has 1 aromatic carbocycles. The lowest BCUT2D eigenvalue weighted by Crippen LogP contribution is -3.13. The fraction of sp³-hybridized carbons (Fsp3) is 0.474. The molecule has 0 aliphatic carbocycles. The topological polar surface area (TPSA) is 39.3 Å². The van der Waals surface area contributed by atoms with E-state index in [4.69, 9.17) is 0 Å². The van der Waals surface area contributed by atoms with E-state index in [1.54, 1.807) is 15.6 Å². The molecule has 1 aromatic heterocycles. The number of nitrogens with zero attached hydrogens (tertiary/aromatic N) is 2. The zero-order chi connectivity index (χ0) is 16.2. The van der Waals surface area contributed by atoms with Gasteiger partial charge in [-0.15, -0.1) is 0 Å². The van der Waals surface area contributed by atoms with Crippen molar-refractivity contribution in [3.8, 4) is 11.3 Å². The van der Waals surface area contributed by atoms with Crippen molar-refractivity contribution in [3.63, 3.8) is 0 Å². The standard InChI is InChI=1S/C19H25N3O/c1-15-6-7-17(16(2)14-15)18-8-9-19(23)22(20-18)13-12-21-10-4-3-5-11-21/h6-9,14H,3-5,10-13H2,1-2H3/p+1. The van der Waals surface area contributed by atoms with Crippen LogP contribution in [0, 0.1) is 13.8 Å². The average Bonchev–Trinajstić information content (AvgIpc) is 2.55. The SMILES string of the molecule is Cc1ccc(-c2ccc(=O)n(CC[NH+]3CCCCC3)n2)c(C)c1. The Hall–Kier alpha value is -1.94. The lowest BCUT2D eigenvalue weighted by atomic mass is 10.0. The van der Waals surface area contributed by atoms with Gasteiger partial charge in [0.05, 0.1) is 31.9 Å². The van der Waals surface area contributed by atoms with Crippen molar-refractivity contribution in [2.75, 3.05) is 19.6 Å². The Morgan fingerprint density at radius 2 is 1.87 bits per heavy atom. The minimum absolute atomic E-state index is 0.00470. The van der Waals surface area contributed by atoms with Crippen LogP contribution < -0.4 is 10.5 Å². The molecule has 1 fully saturated rings. The number of benzene rings is 1. The molecule has 1 N–H and O–H groups in total. The molecule has 0 amide bonds. The average molecular weight is 312 g/mol. The third-order valence-corrected chi connectivity index (χ3v) is 4.76. The van der Waals surface area contributed by atoms with Crippen LogP contribution in [0.1, 0.15) is 30.4 Å². The number of quaternary nitrogens is 1. The van der Waals surface area contributed by atoms with E-state index in [0.29, 0.717) is 6.54 Å². The van der Waals surface area contributed by atoms with Crippen molar-refractivity contribution in [3.05, 3.63) is 51.8 Å². The van der Waals surface area contributed by atoms with Gasteiger partial charge in [0.25, 0.3) is 5.56 Å². The molecule has 0 unspecified atom stereocenters. The maximum absolute atomic E-state index is 12.1. The lowest BCUT2D eigenvalue weighted by molar-refractivity contribution is -0.905. The first-order valence-corrected chi connectivity index (χ1v) is 8.63. The quantitative estimate of drug-likeness (QED) is 0.931. The molecule has 0 bridgehead atoms. The van der Waals surface area contributed by atoms with Crippen LogP contribution in [0.15, 0.2) is 35.1 Å². The van der Waals surface area contributed by atoms with E-state index in [1.807, 2.05) is 6.07 Å².